The standard InChI is InChI=1S/C19H17N3O6S2/c1-12-3-7-15(8-4-12)28-13(2)18(23)21-19-20-11-17(29-19)30(26,27)16-9-5-14(6-10-16)22(24)25/h3-11,13H,1-2H3,(H,20,21,23). The molecule has 3 rings (SSSR count). The van der Waals surface area contributed by atoms with E-state index in [2.05, 4.69) is 10.3 Å². The summed E-state index contributed by atoms with van der Waals surface area (Å²) in [6.07, 6.45) is 0.300. The lowest BCUT2D eigenvalue weighted by atomic mass is 10.2. The second-order valence-electron chi connectivity index (χ2n) is 6.30. The topological polar surface area (TPSA) is 128 Å². The number of sulfone groups is 1. The van der Waals surface area contributed by atoms with Crippen molar-refractivity contribution in [1.82, 2.24) is 4.98 Å². The van der Waals surface area contributed by atoms with Crippen molar-refractivity contribution in [2.24, 2.45) is 0 Å². The highest BCUT2D eigenvalue weighted by molar-refractivity contribution is 7.93. The molecule has 1 amide bonds. The van der Waals surface area contributed by atoms with Gasteiger partial charge in [-0.05, 0) is 38.1 Å². The number of amides is 1. The molecule has 1 aromatic heterocycles. The van der Waals surface area contributed by atoms with Crippen LogP contribution in [0.15, 0.2) is 63.8 Å². The minimum atomic E-state index is -3.92. The summed E-state index contributed by atoms with van der Waals surface area (Å²) in [5.41, 5.74) is 0.845. The van der Waals surface area contributed by atoms with Crippen LogP contribution >= 0.6 is 11.3 Å². The molecule has 1 heterocycles. The number of nitrogens with zero attached hydrogens (tertiary/aromatic N) is 2. The Labute approximate surface area is 176 Å². The molecule has 9 nitrogen and oxygen atoms in total. The lowest BCUT2D eigenvalue weighted by Gasteiger charge is -2.13. The Kier molecular flexibility index (Phi) is 6.13. The van der Waals surface area contributed by atoms with Gasteiger partial charge < -0.3 is 4.74 Å². The Morgan fingerprint density at radius 1 is 1.17 bits per heavy atom. The smallest absolute Gasteiger partial charge is 0.269 e. The molecule has 0 aliphatic rings. The van der Waals surface area contributed by atoms with E-state index in [4.69, 9.17) is 4.74 Å². The lowest BCUT2D eigenvalue weighted by molar-refractivity contribution is -0.384. The van der Waals surface area contributed by atoms with Crippen LogP contribution in [0.1, 0.15) is 12.5 Å². The number of ether oxygens (including phenoxy) is 1. The third kappa shape index (κ3) is 4.81. The van der Waals surface area contributed by atoms with Gasteiger partial charge in [-0.3, -0.25) is 20.2 Å². The number of aryl methyl sites for hydroxylation is 1. The zero-order chi connectivity index (χ0) is 21.9. The molecule has 1 atom stereocenters. The van der Waals surface area contributed by atoms with Crippen molar-refractivity contribution in [3.63, 3.8) is 0 Å². The van der Waals surface area contributed by atoms with E-state index in [-0.39, 0.29) is 19.9 Å². The average molecular weight is 447 g/mol. The molecule has 0 saturated heterocycles. The van der Waals surface area contributed by atoms with Crippen molar-refractivity contribution in [2.75, 3.05) is 5.32 Å². The SMILES string of the molecule is Cc1ccc(OC(C)C(=O)Nc2ncc(S(=O)(=O)c3ccc([N+](=O)[O-])cc3)s2)cc1. The monoisotopic (exact) mass is 447 g/mol. The average Bonchev–Trinajstić information content (AvgIpc) is 3.19. The first-order valence-electron chi connectivity index (χ1n) is 8.66. The van der Waals surface area contributed by atoms with Gasteiger partial charge in [0.2, 0.25) is 9.84 Å². The highest BCUT2D eigenvalue weighted by atomic mass is 32.2. The summed E-state index contributed by atoms with van der Waals surface area (Å²) in [4.78, 5) is 26.3. The number of nitro groups is 1. The number of benzene rings is 2. The molecule has 0 spiro atoms. The molecule has 11 heteroatoms. The molecule has 0 saturated carbocycles. The number of carbonyl (C=O) groups is 1. The van der Waals surface area contributed by atoms with Gasteiger partial charge in [0.1, 0.15) is 9.96 Å². The largest absolute Gasteiger partial charge is 0.481 e. The molecule has 156 valence electrons. The normalized spacial score (nSPS) is 12.2. The molecule has 0 aliphatic carbocycles. The van der Waals surface area contributed by atoms with Crippen LogP contribution in [0.5, 0.6) is 5.75 Å². The second-order valence-corrected chi connectivity index (χ2v) is 9.51. The molecule has 1 unspecified atom stereocenters. The maximum absolute atomic E-state index is 12.7. The number of hydrogen-bond donors (Lipinski definition) is 1. The van der Waals surface area contributed by atoms with Gasteiger partial charge in [0, 0.05) is 12.1 Å². The fraction of sp³-hybridized carbons (Fsp3) is 0.158. The van der Waals surface area contributed by atoms with E-state index < -0.39 is 26.8 Å². The Hall–Kier alpha value is -3.31. The number of anilines is 1. The van der Waals surface area contributed by atoms with Gasteiger partial charge in [-0.15, -0.1) is 0 Å². The highest BCUT2D eigenvalue weighted by Gasteiger charge is 2.23. The van der Waals surface area contributed by atoms with Gasteiger partial charge in [-0.25, -0.2) is 13.4 Å². The molecule has 0 bridgehead atoms. The molecule has 0 aliphatic heterocycles. The Morgan fingerprint density at radius 2 is 1.80 bits per heavy atom. The van der Waals surface area contributed by atoms with Crippen molar-refractivity contribution < 1.29 is 22.9 Å². The number of rotatable bonds is 7. The summed E-state index contributed by atoms with van der Waals surface area (Å²) < 4.78 is 30.8. The molecular weight excluding hydrogens is 430 g/mol. The van der Waals surface area contributed by atoms with E-state index in [1.54, 1.807) is 19.1 Å². The Bertz CT molecular complexity index is 1170. The van der Waals surface area contributed by atoms with Crippen molar-refractivity contribution in [3.05, 3.63) is 70.4 Å². The van der Waals surface area contributed by atoms with Crippen LogP contribution in [0.2, 0.25) is 0 Å². The Morgan fingerprint density at radius 3 is 2.40 bits per heavy atom. The van der Waals surface area contributed by atoms with Gasteiger partial charge >= 0.3 is 0 Å². The van der Waals surface area contributed by atoms with Gasteiger partial charge in [0.15, 0.2) is 11.2 Å². The molecule has 30 heavy (non-hydrogen) atoms. The summed E-state index contributed by atoms with van der Waals surface area (Å²) in [5, 5.41) is 13.3. The van der Waals surface area contributed by atoms with Gasteiger partial charge in [0.05, 0.1) is 16.0 Å². The van der Waals surface area contributed by atoms with Crippen LogP contribution in [0.4, 0.5) is 10.8 Å². The highest BCUT2D eigenvalue weighted by Crippen LogP contribution is 2.29. The zero-order valence-corrected chi connectivity index (χ0v) is 17.6. The van der Waals surface area contributed by atoms with Crippen molar-refractivity contribution in [2.45, 2.75) is 29.1 Å². The summed E-state index contributed by atoms with van der Waals surface area (Å²) >= 11 is 0.779. The summed E-state index contributed by atoms with van der Waals surface area (Å²) in [7, 11) is -3.92. The van der Waals surface area contributed by atoms with Gasteiger partial charge in [-0.1, -0.05) is 29.0 Å². The quantitative estimate of drug-likeness (QED) is 0.433. The summed E-state index contributed by atoms with van der Waals surface area (Å²) in [6, 6.07) is 11.7. The van der Waals surface area contributed by atoms with E-state index >= 15 is 0 Å². The number of non-ortho nitro benzene ring substituents is 1. The maximum Gasteiger partial charge on any atom is 0.269 e. The molecule has 3 aromatic rings. The van der Waals surface area contributed by atoms with Crippen LogP contribution in [-0.2, 0) is 14.6 Å². The third-order valence-corrected chi connectivity index (χ3v) is 7.18. The maximum atomic E-state index is 12.7. The first-order valence-corrected chi connectivity index (χ1v) is 11.0. The summed E-state index contributed by atoms with van der Waals surface area (Å²) in [6.45, 7) is 3.50. The molecule has 0 radical (unpaired) electrons. The van der Waals surface area contributed by atoms with Crippen LogP contribution in [0.25, 0.3) is 0 Å². The van der Waals surface area contributed by atoms with E-state index in [0.717, 1.165) is 47.4 Å². The number of thiazole rings is 1. The molecule has 1 N–H and O–H groups in total. The van der Waals surface area contributed by atoms with Crippen LogP contribution in [0, 0.1) is 17.0 Å². The second kappa shape index (κ2) is 8.59. The van der Waals surface area contributed by atoms with Crippen LogP contribution in [-0.4, -0.2) is 30.3 Å². The first kappa shape index (κ1) is 21.4. The lowest BCUT2D eigenvalue weighted by Crippen LogP contribution is -2.30. The molecule has 0 fully saturated rings. The van der Waals surface area contributed by atoms with E-state index in [1.165, 1.54) is 0 Å². The number of aromatic nitrogens is 1. The first-order chi connectivity index (χ1) is 14.2. The van der Waals surface area contributed by atoms with E-state index in [1.807, 2.05) is 19.1 Å². The molecule has 2 aromatic carbocycles. The number of hydrogen-bond acceptors (Lipinski definition) is 8. The van der Waals surface area contributed by atoms with Crippen molar-refractivity contribution in [1.29, 1.82) is 0 Å². The van der Waals surface area contributed by atoms with Crippen molar-refractivity contribution in [3.8, 4) is 5.75 Å². The predicted octanol–water partition coefficient (Wildman–Crippen LogP) is 3.60. The third-order valence-electron chi connectivity index (χ3n) is 4.04. The minimum absolute atomic E-state index is 0.0971. The molecular formula is C19H17N3O6S2. The number of nitro benzene ring substituents is 1. The minimum Gasteiger partial charge on any atom is -0.481 e. The van der Waals surface area contributed by atoms with Gasteiger partial charge in [0.25, 0.3) is 11.6 Å². The Balaban J connectivity index is 1.69. The van der Waals surface area contributed by atoms with E-state index in [9.17, 15) is 23.3 Å². The van der Waals surface area contributed by atoms with Crippen LogP contribution in [0.3, 0.4) is 0 Å². The van der Waals surface area contributed by atoms with Gasteiger partial charge in [-0.2, -0.15) is 0 Å². The van der Waals surface area contributed by atoms with Crippen molar-refractivity contribution >= 4 is 37.9 Å². The van der Waals surface area contributed by atoms with E-state index in [0.29, 0.717) is 5.75 Å². The predicted molar refractivity (Wildman–Crippen MR) is 111 cm³/mol. The zero-order valence-electron chi connectivity index (χ0n) is 15.9. The fourth-order valence-corrected chi connectivity index (χ4v) is 4.82. The van der Waals surface area contributed by atoms with Crippen LogP contribution < -0.4 is 10.1 Å². The fourth-order valence-electron chi connectivity index (χ4n) is 2.39. The number of carbonyl (C=O) groups excluding carboxylic acids is 1. The summed E-state index contributed by atoms with van der Waals surface area (Å²) in [5.74, 6) is 0.0491. The number of nitrogens with one attached hydrogen (secondary N) is 1.